The summed E-state index contributed by atoms with van der Waals surface area (Å²) in [5.74, 6) is 0. The van der Waals surface area contributed by atoms with Crippen molar-refractivity contribution in [2.75, 3.05) is 4.72 Å². The van der Waals surface area contributed by atoms with Crippen molar-refractivity contribution in [2.45, 2.75) is 4.90 Å². The van der Waals surface area contributed by atoms with Crippen LogP contribution in [-0.4, -0.2) is 18.6 Å². The van der Waals surface area contributed by atoms with Gasteiger partial charge in [-0.1, -0.05) is 36.4 Å². The zero-order valence-electron chi connectivity index (χ0n) is 13.9. The number of carbonyl (C=O) groups excluding carboxylic acids is 1. The lowest BCUT2D eigenvalue weighted by Gasteiger charge is -2.11. The van der Waals surface area contributed by atoms with E-state index in [-0.39, 0.29) is 4.90 Å². The summed E-state index contributed by atoms with van der Waals surface area (Å²) in [5, 5.41) is 1.55. The third kappa shape index (κ3) is 3.25. The van der Waals surface area contributed by atoms with Gasteiger partial charge in [0.15, 0.2) is 0 Å². The lowest BCUT2D eigenvalue weighted by Crippen LogP contribution is -2.13. The predicted octanol–water partition coefficient (Wildman–Crippen LogP) is 4.57. The van der Waals surface area contributed by atoms with E-state index in [2.05, 4.69) is 9.71 Å². The van der Waals surface area contributed by atoms with Crippen molar-refractivity contribution in [3.05, 3.63) is 78.5 Å². The number of hydrogen-bond acceptors (Lipinski definition) is 4. The number of fused-ring (bicyclic) bond motifs is 2. The summed E-state index contributed by atoms with van der Waals surface area (Å²) in [4.78, 5) is 15.8. The second kappa shape index (κ2) is 6.64. The van der Waals surface area contributed by atoms with E-state index in [9.17, 15) is 13.2 Å². The molecule has 0 atom stereocenters. The molecule has 134 valence electrons. The number of anilines is 1. The van der Waals surface area contributed by atoms with E-state index in [0.717, 1.165) is 5.39 Å². The van der Waals surface area contributed by atoms with E-state index in [4.69, 9.17) is 11.6 Å². The number of nitrogens with zero attached hydrogens (tertiary/aromatic N) is 1. The fourth-order valence-corrected chi connectivity index (χ4v) is 4.42. The van der Waals surface area contributed by atoms with Gasteiger partial charge in [0, 0.05) is 22.8 Å². The van der Waals surface area contributed by atoms with Crippen molar-refractivity contribution in [3.63, 3.8) is 0 Å². The molecule has 0 unspecified atom stereocenters. The molecule has 0 aliphatic carbocycles. The van der Waals surface area contributed by atoms with Gasteiger partial charge in [0.05, 0.1) is 5.52 Å². The van der Waals surface area contributed by atoms with Crippen molar-refractivity contribution < 1.29 is 13.2 Å². The molecule has 1 heterocycles. The third-order valence-electron chi connectivity index (χ3n) is 4.23. The average Bonchev–Trinajstić information content (AvgIpc) is 2.66. The highest BCUT2D eigenvalue weighted by Crippen LogP contribution is 2.27. The minimum absolute atomic E-state index is 0.102. The third-order valence-corrected chi connectivity index (χ3v) is 5.85. The molecule has 7 heteroatoms. The van der Waals surface area contributed by atoms with Crippen molar-refractivity contribution in [2.24, 2.45) is 0 Å². The van der Waals surface area contributed by atoms with Crippen LogP contribution in [0.1, 0.15) is 10.4 Å². The first-order chi connectivity index (χ1) is 13.0. The molecule has 4 aromatic rings. The maximum absolute atomic E-state index is 12.9. The van der Waals surface area contributed by atoms with Gasteiger partial charge in [-0.15, -0.1) is 0 Å². The molecule has 0 amide bonds. The van der Waals surface area contributed by atoms with Crippen LogP contribution in [-0.2, 0) is 10.0 Å². The van der Waals surface area contributed by atoms with E-state index in [1.165, 1.54) is 6.07 Å². The number of rotatable bonds is 4. The summed E-state index contributed by atoms with van der Waals surface area (Å²) < 4.78 is 28.4. The highest BCUT2D eigenvalue weighted by Gasteiger charge is 2.18. The Labute approximate surface area is 160 Å². The van der Waals surface area contributed by atoms with E-state index in [1.54, 1.807) is 54.7 Å². The van der Waals surface area contributed by atoms with Gasteiger partial charge >= 0.3 is 0 Å². The zero-order valence-corrected chi connectivity index (χ0v) is 15.5. The molecule has 27 heavy (non-hydrogen) atoms. The number of pyridine rings is 1. The van der Waals surface area contributed by atoms with Crippen LogP contribution >= 0.6 is 11.6 Å². The van der Waals surface area contributed by atoms with Crippen molar-refractivity contribution in [1.82, 2.24) is 4.98 Å². The Balaban J connectivity index is 1.78. The van der Waals surface area contributed by atoms with Gasteiger partial charge in [0.25, 0.3) is 15.3 Å². The molecule has 0 bridgehead atoms. The van der Waals surface area contributed by atoms with Gasteiger partial charge in [0.1, 0.15) is 4.90 Å². The Kier molecular flexibility index (Phi) is 4.30. The number of carbonyl (C=O) groups is 1. The van der Waals surface area contributed by atoms with E-state index >= 15 is 0 Å². The molecular formula is C20H13ClN2O3S. The first-order valence-electron chi connectivity index (χ1n) is 8.05. The first-order valence-corrected chi connectivity index (χ1v) is 9.91. The van der Waals surface area contributed by atoms with Gasteiger partial charge in [-0.2, -0.15) is 0 Å². The smallest absolute Gasteiger partial charge is 0.264 e. The minimum Gasteiger partial charge on any atom is -0.280 e. The minimum atomic E-state index is -3.84. The van der Waals surface area contributed by atoms with E-state index in [1.807, 2.05) is 12.1 Å². The van der Waals surface area contributed by atoms with E-state index in [0.29, 0.717) is 27.5 Å². The Hall–Kier alpha value is -2.96. The Morgan fingerprint density at radius 1 is 0.926 bits per heavy atom. The number of aromatic nitrogens is 1. The van der Waals surface area contributed by atoms with Crippen molar-refractivity contribution in [1.29, 1.82) is 0 Å². The summed E-state index contributed by atoms with van der Waals surface area (Å²) in [7, 11) is -3.84. The summed E-state index contributed by atoms with van der Waals surface area (Å²) in [6.07, 6.45) is 1.56. The zero-order chi connectivity index (χ0) is 19.0. The fraction of sp³-hybridized carbons (Fsp3) is 0. The quantitative estimate of drug-likeness (QED) is 0.513. The maximum Gasteiger partial charge on any atom is 0.264 e. The monoisotopic (exact) mass is 396 g/mol. The standard InChI is InChI=1S/C20H13ClN2O3S/c21-20(24)17-7-1-5-14-12-15(9-10-16(14)17)23-27(25,26)18-8-2-4-13-6-3-11-22-19(13)18/h1-12,23H. The van der Waals surface area contributed by atoms with Crippen LogP contribution in [0.15, 0.2) is 77.8 Å². The Morgan fingerprint density at radius 3 is 2.48 bits per heavy atom. The van der Waals surface area contributed by atoms with Crippen LogP contribution in [0.2, 0.25) is 0 Å². The molecule has 0 fully saturated rings. The predicted molar refractivity (Wildman–Crippen MR) is 107 cm³/mol. The highest BCUT2D eigenvalue weighted by atomic mass is 35.5. The lowest BCUT2D eigenvalue weighted by atomic mass is 10.0. The van der Waals surface area contributed by atoms with Gasteiger partial charge in [-0.3, -0.25) is 14.5 Å². The van der Waals surface area contributed by atoms with E-state index < -0.39 is 15.3 Å². The van der Waals surface area contributed by atoms with Crippen molar-refractivity contribution in [3.8, 4) is 0 Å². The summed E-state index contributed by atoms with van der Waals surface area (Å²) in [5.41, 5.74) is 1.17. The Morgan fingerprint density at radius 2 is 1.67 bits per heavy atom. The molecule has 0 saturated carbocycles. The molecule has 0 spiro atoms. The van der Waals surface area contributed by atoms with Gasteiger partial charge in [-0.05, 0) is 52.7 Å². The number of halogens is 1. The second-order valence-electron chi connectivity index (χ2n) is 5.95. The topological polar surface area (TPSA) is 76.1 Å². The average molecular weight is 397 g/mol. The van der Waals surface area contributed by atoms with Crippen LogP contribution in [0.25, 0.3) is 21.7 Å². The van der Waals surface area contributed by atoms with Gasteiger partial charge in [0.2, 0.25) is 0 Å². The summed E-state index contributed by atoms with van der Waals surface area (Å²) in [6, 6.07) is 18.6. The van der Waals surface area contributed by atoms with Crippen LogP contribution in [0.4, 0.5) is 5.69 Å². The van der Waals surface area contributed by atoms with Crippen molar-refractivity contribution >= 4 is 54.2 Å². The summed E-state index contributed by atoms with van der Waals surface area (Å²) >= 11 is 5.61. The molecule has 3 aromatic carbocycles. The van der Waals surface area contributed by atoms with Crippen LogP contribution in [0.3, 0.4) is 0 Å². The fourth-order valence-electron chi connectivity index (χ4n) is 3.02. The highest BCUT2D eigenvalue weighted by molar-refractivity contribution is 7.93. The van der Waals surface area contributed by atoms with Gasteiger partial charge < -0.3 is 0 Å². The van der Waals surface area contributed by atoms with Crippen LogP contribution < -0.4 is 4.72 Å². The molecule has 0 aliphatic heterocycles. The molecule has 0 aliphatic rings. The molecular weight excluding hydrogens is 384 g/mol. The molecule has 1 aromatic heterocycles. The maximum atomic E-state index is 12.9. The van der Waals surface area contributed by atoms with Gasteiger partial charge in [-0.25, -0.2) is 8.42 Å². The number of benzene rings is 3. The van der Waals surface area contributed by atoms with Crippen LogP contribution in [0.5, 0.6) is 0 Å². The first kappa shape index (κ1) is 17.5. The normalized spacial score (nSPS) is 11.6. The molecule has 5 nitrogen and oxygen atoms in total. The Bertz CT molecular complexity index is 1300. The molecule has 1 N–H and O–H groups in total. The largest absolute Gasteiger partial charge is 0.280 e. The number of hydrogen-bond donors (Lipinski definition) is 1. The molecule has 0 saturated heterocycles. The lowest BCUT2D eigenvalue weighted by molar-refractivity contribution is 0.108. The SMILES string of the molecule is O=C(Cl)c1cccc2cc(NS(=O)(=O)c3cccc4cccnc34)ccc12. The number of para-hydroxylation sites is 1. The second-order valence-corrected chi connectivity index (χ2v) is 7.95. The number of nitrogens with one attached hydrogen (secondary N) is 1. The number of sulfonamides is 1. The molecule has 4 rings (SSSR count). The molecule has 0 radical (unpaired) electrons. The van der Waals surface area contributed by atoms with Crippen LogP contribution in [0, 0.1) is 0 Å². The summed E-state index contributed by atoms with van der Waals surface area (Å²) in [6.45, 7) is 0.